The van der Waals surface area contributed by atoms with Crippen LogP contribution < -0.4 is 11.1 Å². The van der Waals surface area contributed by atoms with Gasteiger partial charge in [0.1, 0.15) is 0 Å². The molecule has 0 aromatic carbocycles. The summed E-state index contributed by atoms with van der Waals surface area (Å²) in [6.07, 6.45) is 9.31. The first-order valence-corrected chi connectivity index (χ1v) is 6.62. The quantitative estimate of drug-likeness (QED) is 0.664. The smallest absolute Gasteiger partial charge is 0.00482 e. The van der Waals surface area contributed by atoms with Crippen LogP contribution in [0.25, 0.3) is 0 Å². The van der Waals surface area contributed by atoms with Gasteiger partial charge in [-0.25, -0.2) is 0 Å². The van der Waals surface area contributed by atoms with Crippen LogP contribution in [-0.4, -0.2) is 19.1 Å². The van der Waals surface area contributed by atoms with Gasteiger partial charge >= 0.3 is 0 Å². The van der Waals surface area contributed by atoms with Gasteiger partial charge in [-0.05, 0) is 37.6 Å². The second-order valence-electron chi connectivity index (χ2n) is 5.51. The van der Waals surface area contributed by atoms with Gasteiger partial charge in [0.15, 0.2) is 0 Å². The Kier molecular flexibility index (Phi) is 5.62. The summed E-state index contributed by atoms with van der Waals surface area (Å²) in [7, 11) is 0. The van der Waals surface area contributed by atoms with Gasteiger partial charge in [-0.1, -0.05) is 33.1 Å². The Morgan fingerprint density at radius 2 is 1.93 bits per heavy atom. The highest BCUT2D eigenvalue weighted by Crippen LogP contribution is 2.34. The zero-order chi connectivity index (χ0) is 11.1. The van der Waals surface area contributed by atoms with E-state index in [1.807, 2.05) is 0 Å². The minimum absolute atomic E-state index is 0.386. The van der Waals surface area contributed by atoms with Crippen LogP contribution in [-0.2, 0) is 0 Å². The topological polar surface area (TPSA) is 38.0 Å². The first-order chi connectivity index (χ1) is 7.16. The van der Waals surface area contributed by atoms with Gasteiger partial charge in [0.05, 0.1) is 0 Å². The molecule has 0 saturated heterocycles. The summed E-state index contributed by atoms with van der Waals surface area (Å²) in [5, 5.41) is 3.58. The molecule has 0 aromatic rings. The Morgan fingerprint density at radius 1 is 1.27 bits per heavy atom. The van der Waals surface area contributed by atoms with Crippen molar-refractivity contribution in [3.63, 3.8) is 0 Å². The summed E-state index contributed by atoms with van der Waals surface area (Å²) >= 11 is 0. The lowest BCUT2D eigenvalue weighted by atomic mass is 9.76. The monoisotopic (exact) mass is 212 g/mol. The zero-order valence-corrected chi connectivity index (χ0v) is 10.5. The second-order valence-corrected chi connectivity index (χ2v) is 5.51. The Labute approximate surface area is 95.0 Å². The maximum absolute atomic E-state index is 5.89. The molecule has 0 spiro atoms. The summed E-state index contributed by atoms with van der Waals surface area (Å²) in [6, 6.07) is 0.386. The van der Waals surface area contributed by atoms with Crippen LogP contribution in [0, 0.1) is 5.41 Å². The molecule has 0 heterocycles. The van der Waals surface area contributed by atoms with E-state index in [1.54, 1.807) is 0 Å². The molecule has 2 nitrogen and oxygen atoms in total. The number of hydrogen-bond acceptors (Lipinski definition) is 2. The largest absolute Gasteiger partial charge is 0.328 e. The van der Waals surface area contributed by atoms with Crippen LogP contribution in [0.4, 0.5) is 0 Å². The van der Waals surface area contributed by atoms with Gasteiger partial charge in [0.25, 0.3) is 0 Å². The van der Waals surface area contributed by atoms with E-state index in [9.17, 15) is 0 Å². The average Bonchev–Trinajstić information content (AvgIpc) is 2.25. The summed E-state index contributed by atoms with van der Waals surface area (Å²) in [4.78, 5) is 0. The number of hydrogen-bond donors (Lipinski definition) is 2. The molecule has 0 aromatic heterocycles. The molecule has 1 atom stereocenters. The Balaban J connectivity index is 2.08. The van der Waals surface area contributed by atoms with Crippen molar-refractivity contribution in [3.8, 4) is 0 Å². The van der Waals surface area contributed by atoms with Crippen molar-refractivity contribution in [2.75, 3.05) is 13.1 Å². The van der Waals surface area contributed by atoms with Crippen molar-refractivity contribution in [1.82, 2.24) is 5.32 Å². The molecule has 0 amide bonds. The van der Waals surface area contributed by atoms with E-state index in [0.29, 0.717) is 11.5 Å². The van der Waals surface area contributed by atoms with Gasteiger partial charge in [0, 0.05) is 12.6 Å². The third-order valence-corrected chi connectivity index (χ3v) is 3.83. The normalized spacial score (nSPS) is 22.6. The summed E-state index contributed by atoms with van der Waals surface area (Å²) in [6.45, 7) is 6.86. The van der Waals surface area contributed by atoms with Crippen LogP contribution in [0.3, 0.4) is 0 Å². The van der Waals surface area contributed by atoms with Crippen molar-refractivity contribution in [2.24, 2.45) is 11.1 Å². The van der Waals surface area contributed by atoms with E-state index in [4.69, 9.17) is 5.73 Å². The van der Waals surface area contributed by atoms with Crippen LogP contribution >= 0.6 is 0 Å². The minimum atomic E-state index is 0.386. The first kappa shape index (κ1) is 13.0. The van der Waals surface area contributed by atoms with Gasteiger partial charge < -0.3 is 11.1 Å². The second kappa shape index (κ2) is 6.49. The Bertz CT molecular complexity index is 162. The highest BCUT2D eigenvalue weighted by Gasteiger charge is 2.25. The van der Waals surface area contributed by atoms with Crippen molar-refractivity contribution >= 4 is 0 Å². The van der Waals surface area contributed by atoms with E-state index in [0.717, 1.165) is 19.4 Å². The van der Waals surface area contributed by atoms with Crippen molar-refractivity contribution in [1.29, 1.82) is 0 Å². The van der Waals surface area contributed by atoms with E-state index in [1.165, 1.54) is 38.6 Å². The fourth-order valence-corrected chi connectivity index (χ4v) is 2.46. The zero-order valence-electron chi connectivity index (χ0n) is 10.5. The lowest BCUT2D eigenvalue weighted by molar-refractivity contribution is 0.207. The average molecular weight is 212 g/mol. The van der Waals surface area contributed by atoms with Crippen molar-refractivity contribution in [2.45, 2.75) is 64.8 Å². The molecule has 1 aliphatic rings. The van der Waals surface area contributed by atoms with E-state index in [2.05, 4.69) is 19.2 Å². The summed E-state index contributed by atoms with van der Waals surface area (Å²) < 4.78 is 0. The molecular formula is C13H28N2. The highest BCUT2D eigenvalue weighted by molar-refractivity contribution is 4.80. The lowest BCUT2D eigenvalue weighted by Gasteiger charge is -2.34. The molecule has 0 aliphatic heterocycles. The van der Waals surface area contributed by atoms with E-state index in [-0.39, 0.29) is 0 Å². The van der Waals surface area contributed by atoms with Crippen molar-refractivity contribution < 1.29 is 0 Å². The lowest BCUT2D eigenvalue weighted by Crippen LogP contribution is -2.35. The summed E-state index contributed by atoms with van der Waals surface area (Å²) in [5.74, 6) is 0. The third-order valence-electron chi connectivity index (χ3n) is 3.83. The van der Waals surface area contributed by atoms with Crippen LogP contribution in [0.15, 0.2) is 0 Å². The number of nitrogens with two attached hydrogens (primary N) is 1. The van der Waals surface area contributed by atoms with Crippen molar-refractivity contribution in [3.05, 3.63) is 0 Å². The molecule has 1 saturated carbocycles. The van der Waals surface area contributed by atoms with Crippen LogP contribution in [0.2, 0.25) is 0 Å². The fourth-order valence-electron chi connectivity index (χ4n) is 2.46. The van der Waals surface area contributed by atoms with Crippen LogP contribution in [0.5, 0.6) is 0 Å². The highest BCUT2D eigenvalue weighted by atomic mass is 14.9. The Morgan fingerprint density at radius 3 is 2.53 bits per heavy atom. The van der Waals surface area contributed by atoms with E-state index < -0.39 is 0 Å². The molecule has 15 heavy (non-hydrogen) atoms. The van der Waals surface area contributed by atoms with Gasteiger partial charge in [-0.3, -0.25) is 0 Å². The molecule has 0 radical (unpaired) electrons. The van der Waals surface area contributed by atoms with E-state index >= 15 is 0 Å². The maximum atomic E-state index is 5.89. The van der Waals surface area contributed by atoms with Gasteiger partial charge in [0.2, 0.25) is 0 Å². The maximum Gasteiger partial charge on any atom is 0.00482 e. The first-order valence-electron chi connectivity index (χ1n) is 6.62. The fraction of sp³-hybridized carbons (Fsp3) is 1.00. The number of rotatable bonds is 6. The predicted molar refractivity (Wildman–Crippen MR) is 66.9 cm³/mol. The molecule has 1 unspecified atom stereocenters. The molecular weight excluding hydrogens is 184 g/mol. The molecule has 3 N–H and O–H groups in total. The Hall–Kier alpha value is -0.0800. The molecule has 2 heteroatoms. The molecule has 1 fully saturated rings. The third kappa shape index (κ3) is 4.98. The number of nitrogens with one attached hydrogen (secondary N) is 1. The standard InChI is InChI=1S/C13H28N2/c1-3-12(14)7-10-15-11-13(2)8-5-4-6-9-13/h12,15H,3-11,14H2,1-2H3. The predicted octanol–water partition coefficient (Wildman–Crippen LogP) is 2.67. The molecule has 0 bridgehead atoms. The molecule has 1 aliphatic carbocycles. The van der Waals surface area contributed by atoms with Gasteiger partial charge in [-0.2, -0.15) is 0 Å². The molecule has 1 rings (SSSR count). The minimum Gasteiger partial charge on any atom is -0.328 e. The summed E-state index contributed by atoms with van der Waals surface area (Å²) in [5.41, 5.74) is 6.45. The van der Waals surface area contributed by atoms with Gasteiger partial charge in [-0.15, -0.1) is 0 Å². The molecule has 90 valence electrons. The SMILES string of the molecule is CCC(N)CCNCC1(C)CCCCC1. The van der Waals surface area contributed by atoms with Crippen LogP contribution in [0.1, 0.15) is 58.8 Å².